The zero-order valence-corrected chi connectivity index (χ0v) is 13.7. The molecular weight excluding hydrogens is 284 g/mol. The summed E-state index contributed by atoms with van der Waals surface area (Å²) in [4.78, 5) is 13.4. The van der Waals surface area contributed by atoms with Crippen molar-refractivity contribution in [2.45, 2.75) is 51.7 Å². The number of hydrogen-bond acceptors (Lipinski definition) is 5. The standard InChI is InChI=1S/C16H24N2O4/c1-11-6-5-7-12(2)17(11)10-13-8-15(21-3)16(22-4)9-14(13)18(19)20/h8-9,11-12H,5-7,10H2,1-4H3. The van der Waals surface area contributed by atoms with Crippen LogP contribution >= 0.6 is 0 Å². The van der Waals surface area contributed by atoms with Crippen molar-refractivity contribution < 1.29 is 14.4 Å². The van der Waals surface area contributed by atoms with Crippen LogP contribution < -0.4 is 9.47 Å². The van der Waals surface area contributed by atoms with Gasteiger partial charge in [0.25, 0.3) is 5.69 Å². The van der Waals surface area contributed by atoms with Crippen LogP contribution in [0.25, 0.3) is 0 Å². The average molecular weight is 308 g/mol. The first-order valence-electron chi connectivity index (χ1n) is 7.63. The van der Waals surface area contributed by atoms with E-state index in [4.69, 9.17) is 9.47 Å². The number of benzene rings is 1. The first-order chi connectivity index (χ1) is 10.5. The van der Waals surface area contributed by atoms with E-state index in [2.05, 4.69) is 18.7 Å². The Kier molecular flexibility index (Phi) is 5.24. The summed E-state index contributed by atoms with van der Waals surface area (Å²) in [5, 5.41) is 11.4. The molecule has 1 fully saturated rings. The summed E-state index contributed by atoms with van der Waals surface area (Å²) in [6.45, 7) is 4.92. The second-order valence-electron chi connectivity index (χ2n) is 5.89. The van der Waals surface area contributed by atoms with Crippen molar-refractivity contribution in [3.8, 4) is 11.5 Å². The predicted octanol–water partition coefficient (Wildman–Crippen LogP) is 3.37. The summed E-state index contributed by atoms with van der Waals surface area (Å²) >= 11 is 0. The van der Waals surface area contributed by atoms with Gasteiger partial charge < -0.3 is 9.47 Å². The number of nitrogens with zero attached hydrogens (tertiary/aromatic N) is 2. The molecule has 1 aromatic rings. The van der Waals surface area contributed by atoms with E-state index in [0.29, 0.717) is 35.7 Å². The third-order valence-corrected chi connectivity index (χ3v) is 4.51. The Labute approximate surface area is 131 Å². The van der Waals surface area contributed by atoms with Crippen LogP contribution in [0.1, 0.15) is 38.7 Å². The molecule has 0 amide bonds. The molecule has 1 aromatic carbocycles. The summed E-state index contributed by atoms with van der Waals surface area (Å²) in [6.07, 6.45) is 3.48. The van der Waals surface area contributed by atoms with Crippen LogP contribution in [-0.2, 0) is 6.54 Å². The van der Waals surface area contributed by atoms with Gasteiger partial charge in [-0.25, -0.2) is 0 Å². The minimum absolute atomic E-state index is 0.0858. The molecule has 1 heterocycles. The van der Waals surface area contributed by atoms with Crippen LogP contribution in [0, 0.1) is 10.1 Å². The van der Waals surface area contributed by atoms with Crippen molar-refractivity contribution in [1.82, 2.24) is 4.90 Å². The minimum Gasteiger partial charge on any atom is -0.493 e. The maximum Gasteiger partial charge on any atom is 0.277 e. The maximum atomic E-state index is 11.4. The number of likely N-dealkylation sites (tertiary alicyclic amines) is 1. The second kappa shape index (κ2) is 6.96. The third kappa shape index (κ3) is 3.32. The molecule has 1 aliphatic rings. The molecule has 1 aliphatic heterocycles. The maximum absolute atomic E-state index is 11.4. The fourth-order valence-corrected chi connectivity index (χ4v) is 3.19. The quantitative estimate of drug-likeness (QED) is 0.616. The summed E-state index contributed by atoms with van der Waals surface area (Å²) in [5.41, 5.74) is 0.755. The monoisotopic (exact) mass is 308 g/mol. The van der Waals surface area contributed by atoms with Gasteiger partial charge in [0.2, 0.25) is 0 Å². The summed E-state index contributed by atoms with van der Waals surface area (Å²) in [6, 6.07) is 4.03. The van der Waals surface area contributed by atoms with Crippen molar-refractivity contribution in [2.24, 2.45) is 0 Å². The SMILES string of the molecule is COc1cc(CN2C(C)CCCC2C)c([N+](=O)[O-])cc1OC. The first-order valence-corrected chi connectivity index (χ1v) is 7.63. The number of nitro benzene ring substituents is 1. The van der Waals surface area contributed by atoms with Crippen molar-refractivity contribution in [2.75, 3.05) is 14.2 Å². The number of methoxy groups -OCH3 is 2. The Bertz CT molecular complexity index is 537. The highest BCUT2D eigenvalue weighted by Gasteiger charge is 2.28. The highest BCUT2D eigenvalue weighted by Crippen LogP contribution is 2.36. The van der Waals surface area contributed by atoms with Gasteiger partial charge in [-0.05, 0) is 32.8 Å². The van der Waals surface area contributed by atoms with Crippen LogP contribution in [0.2, 0.25) is 0 Å². The molecule has 0 radical (unpaired) electrons. The zero-order valence-electron chi connectivity index (χ0n) is 13.7. The van der Waals surface area contributed by atoms with Crippen LogP contribution in [0.15, 0.2) is 12.1 Å². The summed E-state index contributed by atoms with van der Waals surface area (Å²) in [5.74, 6) is 0.915. The van der Waals surface area contributed by atoms with E-state index in [1.54, 1.807) is 13.2 Å². The lowest BCUT2D eigenvalue weighted by Gasteiger charge is -2.38. The number of nitro groups is 1. The van der Waals surface area contributed by atoms with Gasteiger partial charge in [-0.1, -0.05) is 6.42 Å². The Morgan fingerprint density at radius 1 is 1.18 bits per heavy atom. The number of piperidine rings is 1. The Morgan fingerprint density at radius 3 is 2.23 bits per heavy atom. The molecule has 2 rings (SSSR count). The molecule has 0 saturated carbocycles. The minimum atomic E-state index is -0.351. The molecule has 0 aliphatic carbocycles. The van der Waals surface area contributed by atoms with Crippen LogP contribution in [-0.4, -0.2) is 36.1 Å². The Hall–Kier alpha value is -1.82. The zero-order chi connectivity index (χ0) is 16.3. The lowest BCUT2D eigenvalue weighted by Crippen LogP contribution is -2.43. The molecule has 6 heteroatoms. The van der Waals surface area contributed by atoms with E-state index in [1.165, 1.54) is 19.6 Å². The van der Waals surface area contributed by atoms with Crippen molar-refractivity contribution in [3.63, 3.8) is 0 Å². The molecule has 0 bridgehead atoms. The molecule has 0 aromatic heterocycles. The molecule has 0 spiro atoms. The number of hydrogen-bond donors (Lipinski definition) is 0. The summed E-state index contributed by atoms with van der Waals surface area (Å²) < 4.78 is 10.5. The predicted molar refractivity (Wildman–Crippen MR) is 84.5 cm³/mol. The van der Waals surface area contributed by atoms with E-state index in [0.717, 1.165) is 12.8 Å². The molecule has 122 valence electrons. The third-order valence-electron chi connectivity index (χ3n) is 4.51. The molecule has 2 unspecified atom stereocenters. The highest BCUT2D eigenvalue weighted by molar-refractivity contribution is 5.54. The molecular formula is C16H24N2O4. The number of rotatable bonds is 5. The largest absolute Gasteiger partial charge is 0.493 e. The fourth-order valence-electron chi connectivity index (χ4n) is 3.19. The van der Waals surface area contributed by atoms with E-state index >= 15 is 0 Å². The molecule has 0 N–H and O–H groups in total. The lowest BCUT2D eigenvalue weighted by atomic mass is 9.96. The van der Waals surface area contributed by atoms with E-state index in [9.17, 15) is 10.1 Å². The van der Waals surface area contributed by atoms with Crippen molar-refractivity contribution >= 4 is 5.69 Å². The highest BCUT2D eigenvalue weighted by atomic mass is 16.6. The summed E-state index contributed by atoms with van der Waals surface area (Å²) in [7, 11) is 3.02. The van der Waals surface area contributed by atoms with Crippen LogP contribution in [0.3, 0.4) is 0 Å². The van der Waals surface area contributed by atoms with Gasteiger partial charge >= 0.3 is 0 Å². The molecule has 2 atom stereocenters. The normalized spacial score (nSPS) is 22.4. The fraction of sp³-hybridized carbons (Fsp3) is 0.625. The van der Waals surface area contributed by atoms with Crippen molar-refractivity contribution in [3.05, 3.63) is 27.8 Å². The van der Waals surface area contributed by atoms with Gasteiger partial charge in [0, 0.05) is 24.2 Å². The Morgan fingerprint density at radius 2 is 1.73 bits per heavy atom. The van der Waals surface area contributed by atoms with Gasteiger partial charge in [-0.3, -0.25) is 15.0 Å². The van der Waals surface area contributed by atoms with Crippen LogP contribution in [0.5, 0.6) is 11.5 Å². The van der Waals surface area contributed by atoms with E-state index in [-0.39, 0.29) is 10.6 Å². The molecule has 1 saturated heterocycles. The van der Waals surface area contributed by atoms with Gasteiger partial charge in [0.1, 0.15) is 0 Å². The van der Waals surface area contributed by atoms with Gasteiger partial charge in [0.05, 0.1) is 25.2 Å². The first kappa shape index (κ1) is 16.5. The molecule has 6 nitrogen and oxygen atoms in total. The van der Waals surface area contributed by atoms with E-state index < -0.39 is 0 Å². The Balaban J connectivity index is 2.37. The second-order valence-corrected chi connectivity index (χ2v) is 5.89. The van der Waals surface area contributed by atoms with Gasteiger partial charge in [-0.15, -0.1) is 0 Å². The van der Waals surface area contributed by atoms with Crippen LogP contribution in [0.4, 0.5) is 5.69 Å². The van der Waals surface area contributed by atoms with E-state index in [1.807, 2.05) is 0 Å². The van der Waals surface area contributed by atoms with Crippen molar-refractivity contribution in [1.29, 1.82) is 0 Å². The smallest absolute Gasteiger partial charge is 0.277 e. The topological polar surface area (TPSA) is 64.8 Å². The molecule has 22 heavy (non-hydrogen) atoms. The number of ether oxygens (including phenoxy) is 2. The lowest BCUT2D eigenvalue weighted by molar-refractivity contribution is -0.385. The van der Waals surface area contributed by atoms with Gasteiger partial charge in [0.15, 0.2) is 11.5 Å². The van der Waals surface area contributed by atoms with Gasteiger partial charge in [-0.2, -0.15) is 0 Å². The average Bonchev–Trinajstić information content (AvgIpc) is 2.50.